The van der Waals surface area contributed by atoms with E-state index in [1.165, 1.54) is 31.4 Å². The molecule has 1 aromatic carbocycles. The molecule has 0 N–H and O–H groups in total. The van der Waals surface area contributed by atoms with E-state index in [1.807, 2.05) is 11.9 Å². The van der Waals surface area contributed by atoms with Crippen molar-refractivity contribution < 1.29 is 9.18 Å². The predicted molar refractivity (Wildman–Crippen MR) is 88.6 cm³/mol. The lowest BCUT2D eigenvalue weighted by molar-refractivity contribution is 0.0696. The summed E-state index contributed by atoms with van der Waals surface area (Å²) in [6.45, 7) is 0. The molecule has 0 spiro atoms. The zero-order valence-electron chi connectivity index (χ0n) is 13.3. The quantitative estimate of drug-likeness (QED) is 0.847. The van der Waals surface area contributed by atoms with Crippen molar-refractivity contribution in [1.29, 1.82) is 0 Å². The number of pyridine rings is 1. The van der Waals surface area contributed by atoms with Crippen LogP contribution in [-0.4, -0.2) is 28.9 Å². The summed E-state index contributed by atoms with van der Waals surface area (Å²) in [5, 5.41) is 0. The van der Waals surface area contributed by atoms with E-state index in [-0.39, 0.29) is 11.7 Å². The molecule has 0 radical (unpaired) electrons. The Morgan fingerprint density at radius 1 is 1.17 bits per heavy atom. The molecule has 1 saturated carbocycles. The summed E-state index contributed by atoms with van der Waals surface area (Å²) in [5.74, 6) is -0.281. The fourth-order valence-electron chi connectivity index (χ4n) is 3.18. The highest BCUT2D eigenvalue weighted by molar-refractivity contribution is 5.94. The molecule has 1 heterocycles. The Kier molecular flexibility index (Phi) is 4.70. The van der Waals surface area contributed by atoms with E-state index in [0.29, 0.717) is 22.9 Å². The Labute approximate surface area is 136 Å². The van der Waals surface area contributed by atoms with Gasteiger partial charge in [-0.25, -0.2) is 4.39 Å². The number of benzene rings is 1. The van der Waals surface area contributed by atoms with Crippen LogP contribution < -0.4 is 0 Å². The minimum atomic E-state index is -0.290. The Balaban J connectivity index is 1.74. The van der Waals surface area contributed by atoms with Crippen LogP contribution in [0.2, 0.25) is 0 Å². The minimum absolute atomic E-state index is 0.00944. The molecular weight excluding hydrogens is 291 g/mol. The number of halogens is 1. The Morgan fingerprint density at radius 3 is 2.61 bits per heavy atom. The van der Waals surface area contributed by atoms with Gasteiger partial charge < -0.3 is 4.90 Å². The van der Waals surface area contributed by atoms with Gasteiger partial charge in [-0.05, 0) is 37.1 Å². The first-order chi connectivity index (χ1) is 11.1. The summed E-state index contributed by atoms with van der Waals surface area (Å²) in [6.07, 6.45) is 7.40. The van der Waals surface area contributed by atoms with Crippen LogP contribution in [0.3, 0.4) is 0 Å². The molecular formula is C19H21FN2O. The van der Waals surface area contributed by atoms with Crippen molar-refractivity contribution in [1.82, 2.24) is 9.88 Å². The Hall–Kier alpha value is -2.23. The average Bonchev–Trinajstić information content (AvgIpc) is 2.61. The molecule has 1 aromatic heterocycles. The second-order valence-corrected chi connectivity index (χ2v) is 6.15. The predicted octanol–water partition coefficient (Wildman–Crippen LogP) is 4.29. The average molecular weight is 312 g/mol. The van der Waals surface area contributed by atoms with E-state index in [4.69, 9.17) is 0 Å². The molecule has 4 heteroatoms. The van der Waals surface area contributed by atoms with Crippen LogP contribution >= 0.6 is 0 Å². The van der Waals surface area contributed by atoms with Gasteiger partial charge >= 0.3 is 0 Å². The Morgan fingerprint density at radius 2 is 1.96 bits per heavy atom. The molecule has 1 aliphatic carbocycles. The molecule has 23 heavy (non-hydrogen) atoms. The molecule has 3 nitrogen and oxygen atoms in total. The zero-order valence-corrected chi connectivity index (χ0v) is 13.3. The van der Waals surface area contributed by atoms with Crippen LogP contribution in [0.1, 0.15) is 42.5 Å². The summed E-state index contributed by atoms with van der Waals surface area (Å²) in [6, 6.07) is 10.2. The topological polar surface area (TPSA) is 33.2 Å². The lowest BCUT2D eigenvalue weighted by atomic mass is 9.94. The van der Waals surface area contributed by atoms with Crippen LogP contribution in [0, 0.1) is 5.82 Å². The summed E-state index contributed by atoms with van der Waals surface area (Å²) < 4.78 is 13.3. The lowest BCUT2D eigenvalue weighted by Crippen LogP contribution is -2.38. The first-order valence-electron chi connectivity index (χ1n) is 8.14. The first kappa shape index (κ1) is 15.7. The second kappa shape index (κ2) is 6.90. The molecule has 1 amide bonds. The molecule has 0 unspecified atom stereocenters. The number of hydrogen-bond donors (Lipinski definition) is 0. The normalized spacial score (nSPS) is 15.4. The van der Waals surface area contributed by atoms with Crippen molar-refractivity contribution in [2.45, 2.75) is 38.1 Å². The zero-order chi connectivity index (χ0) is 16.2. The maximum atomic E-state index is 13.3. The number of hydrogen-bond acceptors (Lipinski definition) is 2. The van der Waals surface area contributed by atoms with Crippen LogP contribution in [-0.2, 0) is 0 Å². The highest BCUT2D eigenvalue weighted by atomic mass is 19.1. The molecule has 0 atom stereocenters. The molecule has 2 aromatic rings. The van der Waals surface area contributed by atoms with Crippen molar-refractivity contribution >= 4 is 5.91 Å². The van der Waals surface area contributed by atoms with Gasteiger partial charge in [0, 0.05) is 24.8 Å². The number of carbonyl (C=O) groups is 1. The third-order valence-corrected chi connectivity index (χ3v) is 4.57. The van der Waals surface area contributed by atoms with Gasteiger partial charge in [-0.15, -0.1) is 0 Å². The van der Waals surface area contributed by atoms with Crippen molar-refractivity contribution in [2.75, 3.05) is 7.05 Å². The first-order valence-corrected chi connectivity index (χ1v) is 8.14. The fourth-order valence-corrected chi connectivity index (χ4v) is 3.18. The van der Waals surface area contributed by atoms with E-state index >= 15 is 0 Å². The number of aromatic nitrogens is 1. The summed E-state index contributed by atoms with van der Waals surface area (Å²) in [4.78, 5) is 18.7. The Bertz CT molecular complexity index is 678. The van der Waals surface area contributed by atoms with E-state index in [0.717, 1.165) is 12.8 Å². The maximum absolute atomic E-state index is 13.3. The lowest BCUT2D eigenvalue weighted by Gasteiger charge is -2.31. The maximum Gasteiger partial charge on any atom is 0.255 e. The molecule has 1 fully saturated rings. The van der Waals surface area contributed by atoms with Gasteiger partial charge in [-0.1, -0.05) is 31.4 Å². The van der Waals surface area contributed by atoms with Crippen molar-refractivity contribution in [2.24, 2.45) is 0 Å². The molecule has 0 saturated heterocycles. The number of nitrogens with zero attached hydrogens (tertiary/aromatic N) is 2. The monoisotopic (exact) mass is 312 g/mol. The summed E-state index contributed by atoms with van der Waals surface area (Å²) >= 11 is 0. The SMILES string of the molecule is CN(C(=O)c1ccc(-c2cccc(F)c2)nc1)C1CCCCC1. The van der Waals surface area contributed by atoms with Crippen molar-refractivity contribution in [3.05, 3.63) is 54.0 Å². The summed E-state index contributed by atoms with van der Waals surface area (Å²) in [7, 11) is 1.87. The third kappa shape index (κ3) is 3.58. The standard InChI is InChI=1S/C19H21FN2O/c1-22(17-8-3-2-4-9-17)19(23)15-10-11-18(21-13-15)14-6-5-7-16(20)12-14/h5-7,10-13,17H,2-4,8-9H2,1H3. The molecule has 0 aliphatic heterocycles. The number of rotatable bonds is 3. The molecule has 0 bridgehead atoms. The van der Waals surface area contributed by atoms with Gasteiger partial charge in [0.1, 0.15) is 5.82 Å². The van der Waals surface area contributed by atoms with Gasteiger partial charge in [0.05, 0.1) is 11.3 Å². The van der Waals surface area contributed by atoms with Crippen LogP contribution in [0.5, 0.6) is 0 Å². The summed E-state index contributed by atoms with van der Waals surface area (Å²) in [5.41, 5.74) is 1.96. The van der Waals surface area contributed by atoms with Gasteiger partial charge in [-0.2, -0.15) is 0 Å². The van der Waals surface area contributed by atoms with E-state index in [1.54, 1.807) is 30.5 Å². The van der Waals surface area contributed by atoms with E-state index in [9.17, 15) is 9.18 Å². The number of amides is 1. The molecule has 3 rings (SSSR count). The third-order valence-electron chi connectivity index (χ3n) is 4.57. The van der Waals surface area contributed by atoms with Crippen LogP contribution in [0.15, 0.2) is 42.6 Å². The van der Waals surface area contributed by atoms with Crippen LogP contribution in [0.25, 0.3) is 11.3 Å². The van der Waals surface area contributed by atoms with Gasteiger partial charge in [0.15, 0.2) is 0 Å². The fraction of sp³-hybridized carbons (Fsp3) is 0.368. The second-order valence-electron chi connectivity index (χ2n) is 6.15. The van der Waals surface area contributed by atoms with Crippen molar-refractivity contribution in [3.8, 4) is 11.3 Å². The van der Waals surface area contributed by atoms with E-state index < -0.39 is 0 Å². The van der Waals surface area contributed by atoms with Crippen molar-refractivity contribution in [3.63, 3.8) is 0 Å². The van der Waals surface area contributed by atoms with E-state index in [2.05, 4.69) is 4.98 Å². The molecule has 120 valence electrons. The van der Waals surface area contributed by atoms with Gasteiger partial charge in [0.2, 0.25) is 0 Å². The van der Waals surface area contributed by atoms with Gasteiger partial charge in [-0.3, -0.25) is 9.78 Å². The number of carbonyl (C=O) groups excluding carboxylic acids is 1. The highest BCUT2D eigenvalue weighted by Gasteiger charge is 2.23. The largest absolute Gasteiger partial charge is 0.339 e. The smallest absolute Gasteiger partial charge is 0.255 e. The minimum Gasteiger partial charge on any atom is -0.339 e. The van der Waals surface area contributed by atoms with Crippen LogP contribution in [0.4, 0.5) is 4.39 Å². The van der Waals surface area contributed by atoms with Gasteiger partial charge in [0.25, 0.3) is 5.91 Å². The highest BCUT2D eigenvalue weighted by Crippen LogP contribution is 2.23. The molecule has 1 aliphatic rings.